The maximum absolute atomic E-state index is 12.9. The fourth-order valence-electron chi connectivity index (χ4n) is 5.85. The molecule has 0 N–H and O–H groups in total. The number of para-hydroxylation sites is 1. The third-order valence-corrected chi connectivity index (χ3v) is 6.39. The predicted molar refractivity (Wildman–Crippen MR) is 82.7 cm³/mol. The normalized spacial score (nSPS) is 37.2. The van der Waals surface area contributed by atoms with E-state index in [1.54, 1.807) is 0 Å². The molecule has 2 nitrogen and oxygen atoms in total. The van der Waals surface area contributed by atoms with Crippen molar-refractivity contribution in [3.8, 4) is 0 Å². The van der Waals surface area contributed by atoms with Crippen LogP contribution in [0, 0.1) is 28.9 Å². The summed E-state index contributed by atoms with van der Waals surface area (Å²) < 4.78 is 1.24. The second kappa shape index (κ2) is 4.22. The van der Waals surface area contributed by atoms with E-state index in [0.717, 1.165) is 40.3 Å². The fourth-order valence-corrected chi connectivity index (χ4v) is 5.85. The molecule has 4 fully saturated rings. The van der Waals surface area contributed by atoms with E-state index in [1.807, 2.05) is 24.3 Å². The number of aromatic nitrogens is 1. The van der Waals surface area contributed by atoms with Crippen molar-refractivity contribution in [1.82, 2.24) is 0 Å². The Kier molecular flexibility index (Phi) is 2.42. The van der Waals surface area contributed by atoms with E-state index in [4.69, 9.17) is 0 Å². The zero-order chi connectivity index (χ0) is 14.0. The van der Waals surface area contributed by atoms with Gasteiger partial charge in [-0.25, -0.2) is 0 Å². The van der Waals surface area contributed by atoms with Gasteiger partial charge in [-0.05, 0) is 67.9 Å². The summed E-state index contributed by atoms with van der Waals surface area (Å²) in [6, 6.07) is 12.2. The van der Waals surface area contributed by atoms with Crippen LogP contribution in [-0.4, -0.2) is 0 Å². The molecule has 4 aliphatic carbocycles. The monoisotopic (exact) mass is 279 g/mol. The lowest BCUT2D eigenvalue weighted by molar-refractivity contribution is -0.589. The zero-order valence-electron chi connectivity index (χ0n) is 12.2. The van der Waals surface area contributed by atoms with Crippen LogP contribution in [0.15, 0.2) is 36.4 Å². The van der Waals surface area contributed by atoms with Gasteiger partial charge in [0.05, 0.1) is 5.92 Å². The van der Waals surface area contributed by atoms with Gasteiger partial charge in [-0.3, -0.25) is 0 Å². The fraction of sp³-hybridized carbons (Fsp3) is 0.526. The van der Waals surface area contributed by atoms with Crippen LogP contribution in [0.5, 0.6) is 0 Å². The van der Waals surface area contributed by atoms with E-state index in [0.29, 0.717) is 5.92 Å². The summed E-state index contributed by atoms with van der Waals surface area (Å²) in [6.45, 7) is 0. The number of hydrogen-bond acceptors (Lipinski definition) is 1. The molecular weight excluding hydrogens is 258 g/mol. The van der Waals surface area contributed by atoms with E-state index in [1.165, 1.54) is 36.8 Å². The van der Waals surface area contributed by atoms with Crippen LogP contribution in [0.2, 0.25) is 0 Å². The molecule has 6 rings (SSSR count). The van der Waals surface area contributed by atoms with Gasteiger partial charge in [-0.15, -0.1) is 0 Å². The molecule has 0 atom stereocenters. The van der Waals surface area contributed by atoms with Gasteiger partial charge in [0, 0.05) is 17.5 Å². The molecule has 4 saturated carbocycles. The van der Waals surface area contributed by atoms with Gasteiger partial charge in [0.25, 0.3) is 0 Å². The number of pyridine rings is 1. The van der Waals surface area contributed by atoms with Crippen molar-refractivity contribution in [3.05, 3.63) is 47.3 Å². The molecule has 1 aromatic heterocycles. The largest absolute Gasteiger partial charge is 0.618 e. The Labute approximate surface area is 125 Å². The molecule has 0 unspecified atom stereocenters. The first kappa shape index (κ1) is 12.0. The summed E-state index contributed by atoms with van der Waals surface area (Å²) in [5.41, 5.74) is 1.88. The van der Waals surface area contributed by atoms with Crippen LogP contribution >= 0.6 is 0 Å². The number of fused-ring (bicyclic) bond motifs is 1. The summed E-state index contributed by atoms with van der Waals surface area (Å²) in [6.07, 6.45) is 6.93. The van der Waals surface area contributed by atoms with Crippen LogP contribution in [0.25, 0.3) is 10.9 Å². The highest BCUT2D eigenvalue weighted by Crippen LogP contribution is 2.59. The van der Waals surface area contributed by atoms with Crippen LogP contribution in [0.4, 0.5) is 0 Å². The summed E-state index contributed by atoms with van der Waals surface area (Å²) in [5.74, 6) is 3.97. The second-order valence-corrected chi connectivity index (χ2v) is 7.57. The molecule has 0 spiro atoms. The molecule has 0 amide bonds. The van der Waals surface area contributed by atoms with Crippen LogP contribution in [0.1, 0.15) is 43.7 Å². The van der Waals surface area contributed by atoms with Crippen molar-refractivity contribution in [2.45, 2.75) is 38.0 Å². The average Bonchev–Trinajstić information content (AvgIpc) is 2.48. The number of benzene rings is 1. The molecule has 4 bridgehead atoms. The topological polar surface area (TPSA) is 26.9 Å². The Hall–Kier alpha value is -1.57. The number of hydrogen-bond donors (Lipinski definition) is 0. The smallest absolute Gasteiger partial charge is 0.223 e. The highest BCUT2D eigenvalue weighted by atomic mass is 16.5. The van der Waals surface area contributed by atoms with Crippen molar-refractivity contribution >= 4 is 10.9 Å². The minimum absolute atomic E-state index is 0.514. The van der Waals surface area contributed by atoms with E-state index in [9.17, 15) is 5.21 Å². The Bertz CT molecular complexity index is 680. The summed E-state index contributed by atoms with van der Waals surface area (Å²) >= 11 is 0. The molecule has 108 valence electrons. The average molecular weight is 279 g/mol. The lowest BCUT2D eigenvalue weighted by atomic mass is 9.51. The first-order valence-electron chi connectivity index (χ1n) is 8.41. The molecule has 1 heterocycles. The highest BCUT2D eigenvalue weighted by molar-refractivity contribution is 5.75. The lowest BCUT2D eigenvalue weighted by Crippen LogP contribution is -2.48. The molecule has 0 radical (unpaired) electrons. The van der Waals surface area contributed by atoms with Crippen molar-refractivity contribution in [2.24, 2.45) is 23.7 Å². The molecule has 0 aliphatic heterocycles. The molecular formula is C19H21NO. The third-order valence-electron chi connectivity index (χ3n) is 6.39. The molecule has 2 heteroatoms. The van der Waals surface area contributed by atoms with Gasteiger partial charge in [0.15, 0.2) is 5.69 Å². The lowest BCUT2D eigenvalue weighted by Gasteiger charge is -2.53. The quantitative estimate of drug-likeness (QED) is 0.572. The first-order valence-corrected chi connectivity index (χ1v) is 8.41. The number of rotatable bonds is 1. The standard InChI is InChI=1S/C19H21NO/c21-20-17-4-2-1-3-14(17)5-6-18(20)19-15-8-12-7-13(10-15)11-16(19)9-12/h1-6,12-13,15-16,19H,7-11H2. The molecule has 21 heavy (non-hydrogen) atoms. The van der Waals surface area contributed by atoms with Crippen molar-refractivity contribution in [3.63, 3.8) is 0 Å². The van der Waals surface area contributed by atoms with Gasteiger partial charge in [-0.2, -0.15) is 4.73 Å². The van der Waals surface area contributed by atoms with E-state index < -0.39 is 0 Å². The van der Waals surface area contributed by atoms with Crippen molar-refractivity contribution in [1.29, 1.82) is 0 Å². The zero-order valence-corrected chi connectivity index (χ0v) is 12.2. The minimum Gasteiger partial charge on any atom is -0.618 e. The van der Waals surface area contributed by atoms with E-state index >= 15 is 0 Å². The van der Waals surface area contributed by atoms with Gasteiger partial charge in [-0.1, -0.05) is 12.1 Å². The molecule has 2 aromatic rings. The molecule has 1 aromatic carbocycles. The Morgan fingerprint density at radius 2 is 1.48 bits per heavy atom. The van der Waals surface area contributed by atoms with Crippen LogP contribution in [-0.2, 0) is 0 Å². The van der Waals surface area contributed by atoms with Crippen LogP contribution < -0.4 is 4.73 Å². The summed E-state index contributed by atoms with van der Waals surface area (Å²) in [5, 5.41) is 13.9. The maximum atomic E-state index is 12.9. The SMILES string of the molecule is [O-][n+]1c(C2C3CC4CC(C3)CC2C4)ccc2ccccc21. The minimum atomic E-state index is 0.514. The third kappa shape index (κ3) is 1.68. The van der Waals surface area contributed by atoms with Crippen molar-refractivity contribution in [2.75, 3.05) is 0 Å². The molecule has 0 saturated heterocycles. The maximum Gasteiger partial charge on any atom is 0.223 e. The Morgan fingerprint density at radius 1 is 0.810 bits per heavy atom. The predicted octanol–water partition coefficient (Wildman–Crippen LogP) is 4.01. The van der Waals surface area contributed by atoms with E-state index in [2.05, 4.69) is 12.1 Å². The Balaban J connectivity index is 1.63. The van der Waals surface area contributed by atoms with Gasteiger partial charge in [0.2, 0.25) is 5.52 Å². The van der Waals surface area contributed by atoms with Gasteiger partial charge >= 0.3 is 0 Å². The second-order valence-electron chi connectivity index (χ2n) is 7.57. The summed E-state index contributed by atoms with van der Waals surface area (Å²) in [4.78, 5) is 0. The van der Waals surface area contributed by atoms with Gasteiger partial charge < -0.3 is 5.21 Å². The summed E-state index contributed by atoms with van der Waals surface area (Å²) in [7, 11) is 0. The van der Waals surface area contributed by atoms with Crippen LogP contribution in [0.3, 0.4) is 0 Å². The van der Waals surface area contributed by atoms with Gasteiger partial charge in [0.1, 0.15) is 0 Å². The van der Waals surface area contributed by atoms with Crippen molar-refractivity contribution < 1.29 is 4.73 Å². The first-order chi connectivity index (χ1) is 10.3. The number of nitrogens with zero attached hydrogens (tertiary/aromatic N) is 1. The molecule has 4 aliphatic rings. The van der Waals surface area contributed by atoms with E-state index in [-0.39, 0.29) is 0 Å². The highest BCUT2D eigenvalue weighted by Gasteiger charge is 2.51. The Morgan fingerprint density at radius 3 is 2.19 bits per heavy atom.